The Morgan fingerprint density at radius 2 is 1.82 bits per heavy atom. The van der Waals surface area contributed by atoms with Crippen LogP contribution in [0.3, 0.4) is 0 Å². The molecular weight excluding hydrogens is 435 g/mol. The molecule has 0 spiro atoms. The Morgan fingerprint density at radius 1 is 1.09 bits per heavy atom. The number of methoxy groups -OCH3 is 1. The lowest BCUT2D eigenvalue weighted by molar-refractivity contribution is -0.137. The van der Waals surface area contributed by atoms with Gasteiger partial charge in [-0.3, -0.25) is 4.79 Å². The molecule has 0 atom stereocenters. The van der Waals surface area contributed by atoms with Crippen molar-refractivity contribution >= 4 is 18.1 Å². The van der Waals surface area contributed by atoms with Gasteiger partial charge in [-0.1, -0.05) is 24.3 Å². The van der Waals surface area contributed by atoms with Crippen molar-refractivity contribution in [2.45, 2.75) is 26.4 Å². The molecule has 0 unspecified atom stereocenters. The van der Waals surface area contributed by atoms with Crippen LogP contribution in [0.15, 0.2) is 59.7 Å². The molecule has 33 heavy (non-hydrogen) atoms. The van der Waals surface area contributed by atoms with Crippen molar-refractivity contribution < 1.29 is 27.5 Å². The molecule has 1 heterocycles. The van der Waals surface area contributed by atoms with Crippen molar-refractivity contribution in [2.75, 3.05) is 7.11 Å². The molecule has 3 rings (SSSR count). The zero-order valence-electron chi connectivity index (χ0n) is 18.2. The molecule has 1 aromatic heterocycles. The van der Waals surface area contributed by atoms with Gasteiger partial charge in [0.2, 0.25) is 5.91 Å². The number of aryl methyl sites for hydroxylation is 1. The summed E-state index contributed by atoms with van der Waals surface area (Å²) in [5, 5.41) is 3.94. The fourth-order valence-corrected chi connectivity index (χ4v) is 3.46. The standard InChI is InChI=1S/C24H22F3N3O3/c1-15-10-19(16(2)30(15)21-9-5-7-18(13-21)23(32)33-3)14-28-29-22(31)12-17-6-4-8-20(11-17)24(25,26)27/h4-11,13-14H,12H2,1-3H3,(H,29,31)/b28-14-. The third-order valence-electron chi connectivity index (χ3n) is 5.01. The normalized spacial score (nSPS) is 11.6. The van der Waals surface area contributed by atoms with Crippen molar-refractivity contribution in [1.29, 1.82) is 0 Å². The van der Waals surface area contributed by atoms with Gasteiger partial charge in [0.25, 0.3) is 0 Å². The van der Waals surface area contributed by atoms with Crippen molar-refractivity contribution in [2.24, 2.45) is 5.10 Å². The van der Waals surface area contributed by atoms with E-state index in [1.54, 1.807) is 18.2 Å². The lowest BCUT2D eigenvalue weighted by Gasteiger charge is -2.11. The molecule has 0 bridgehead atoms. The van der Waals surface area contributed by atoms with Crippen LogP contribution < -0.4 is 5.43 Å². The van der Waals surface area contributed by atoms with Crippen molar-refractivity contribution in [3.63, 3.8) is 0 Å². The number of nitrogens with one attached hydrogen (secondary N) is 1. The molecule has 0 saturated carbocycles. The highest BCUT2D eigenvalue weighted by Gasteiger charge is 2.30. The lowest BCUT2D eigenvalue weighted by atomic mass is 10.1. The maximum absolute atomic E-state index is 12.8. The van der Waals surface area contributed by atoms with Crippen molar-refractivity contribution in [3.05, 3.63) is 88.2 Å². The first-order valence-electron chi connectivity index (χ1n) is 9.96. The van der Waals surface area contributed by atoms with Gasteiger partial charge in [-0.2, -0.15) is 18.3 Å². The van der Waals surface area contributed by atoms with Crippen LogP contribution in [0.1, 0.15) is 38.4 Å². The third kappa shape index (κ3) is 5.68. The van der Waals surface area contributed by atoms with E-state index in [-0.39, 0.29) is 12.0 Å². The van der Waals surface area contributed by atoms with Gasteiger partial charge in [0.05, 0.1) is 30.9 Å². The molecule has 0 aliphatic heterocycles. The summed E-state index contributed by atoms with van der Waals surface area (Å²) in [5.74, 6) is -0.977. The van der Waals surface area contributed by atoms with E-state index in [0.717, 1.165) is 34.8 Å². The van der Waals surface area contributed by atoms with Gasteiger partial charge in [-0.25, -0.2) is 10.2 Å². The lowest BCUT2D eigenvalue weighted by Crippen LogP contribution is -2.20. The van der Waals surface area contributed by atoms with Crippen LogP contribution in [0.4, 0.5) is 13.2 Å². The van der Waals surface area contributed by atoms with Gasteiger partial charge >= 0.3 is 12.1 Å². The number of hydrogen-bond donors (Lipinski definition) is 1. The average molecular weight is 457 g/mol. The number of alkyl halides is 3. The SMILES string of the molecule is COC(=O)c1cccc(-n2c(C)cc(/C=N\NC(=O)Cc3cccc(C(F)(F)F)c3)c2C)c1. The molecule has 172 valence electrons. The average Bonchev–Trinajstić information content (AvgIpc) is 3.05. The smallest absolute Gasteiger partial charge is 0.416 e. The Bertz CT molecular complexity index is 1210. The van der Waals surface area contributed by atoms with Crippen LogP contribution in [0.5, 0.6) is 0 Å². The van der Waals surface area contributed by atoms with Crippen molar-refractivity contribution in [1.82, 2.24) is 9.99 Å². The van der Waals surface area contributed by atoms with Crippen LogP contribution in [0, 0.1) is 13.8 Å². The summed E-state index contributed by atoms with van der Waals surface area (Å²) in [7, 11) is 1.32. The Labute approximate surface area is 188 Å². The summed E-state index contributed by atoms with van der Waals surface area (Å²) in [5.41, 5.74) is 5.39. The summed E-state index contributed by atoms with van der Waals surface area (Å²) >= 11 is 0. The van der Waals surface area contributed by atoms with E-state index in [1.165, 1.54) is 25.5 Å². The summed E-state index contributed by atoms with van der Waals surface area (Å²) in [6, 6.07) is 13.5. The molecule has 0 aliphatic carbocycles. The number of carbonyl (C=O) groups is 2. The molecule has 0 aliphatic rings. The third-order valence-corrected chi connectivity index (χ3v) is 5.01. The number of ether oxygens (including phenoxy) is 1. The number of nitrogens with zero attached hydrogens (tertiary/aromatic N) is 2. The fraction of sp³-hybridized carbons (Fsp3) is 0.208. The molecule has 3 aromatic rings. The summed E-state index contributed by atoms with van der Waals surface area (Å²) in [4.78, 5) is 23.9. The monoisotopic (exact) mass is 457 g/mol. The molecule has 6 nitrogen and oxygen atoms in total. The molecule has 0 radical (unpaired) electrons. The number of rotatable bonds is 6. The van der Waals surface area contributed by atoms with Crippen LogP contribution in [0.25, 0.3) is 5.69 Å². The Hall–Kier alpha value is -3.88. The van der Waals surface area contributed by atoms with Gasteiger partial charge in [-0.05, 0) is 49.7 Å². The first-order chi connectivity index (χ1) is 15.6. The van der Waals surface area contributed by atoms with Gasteiger partial charge in [0, 0.05) is 22.6 Å². The molecule has 1 N–H and O–H groups in total. The topological polar surface area (TPSA) is 72.7 Å². The highest BCUT2D eigenvalue weighted by Crippen LogP contribution is 2.29. The first-order valence-corrected chi connectivity index (χ1v) is 9.96. The zero-order chi connectivity index (χ0) is 24.2. The molecule has 9 heteroatoms. The van der Waals surface area contributed by atoms with Gasteiger partial charge in [-0.15, -0.1) is 0 Å². The van der Waals surface area contributed by atoms with E-state index >= 15 is 0 Å². The second-order valence-electron chi connectivity index (χ2n) is 7.37. The Morgan fingerprint density at radius 3 is 2.52 bits per heavy atom. The zero-order valence-corrected chi connectivity index (χ0v) is 18.2. The van der Waals surface area contributed by atoms with E-state index in [2.05, 4.69) is 10.5 Å². The molecule has 1 amide bonds. The van der Waals surface area contributed by atoms with Crippen LogP contribution >= 0.6 is 0 Å². The van der Waals surface area contributed by atoms with Crippen LogP contribution in [-0.4, -0.2) is 29.8 Å². The maximum Gasteiger partial charge on any atom is 0.416 e. The molecular formula is C24H22F3N3O3. The highest BCUT2D eigenvalue weighted by atomic mass is 19.4. The first kappa shape index (κ1) is 23.8. The number of esters is 1. The van der Waals surface area contributed by atoms with Crippen LogP contribution in [-0.2, 0) is 22.1 Å². The van der Waals surface area contributed by atoms with E-state index in [1.807, 2.05) is 30.5 Å². The second kappa shape index (κ2) is 9.72. The van der Waals surface area contributed by atoms with Gasteiger partial charge in [0.1, 0.15) is 0 Å². The number of halogens is 3. The minimum Gasteiger partial charge on any atom is -0.465 e. The van der Waals surface area contributed by atoms with E-state index in [4.69, 9.17) is 4.74 Å². The second-order valence-corrected chi connectivity index (χ2v) is 7.37. The predicted octanol–water partition coefficient (Wildman–Crippen LogP) is 4.59. The summed E-state index contributed by atoms with van der Waals surface area (Å²) in [6.45, 7) is 3.75. The van der Waals surface area contributed by atoms with E-state index in [9.17, 15) is 22.8 Å². The molecule has 0 saturated heterocycles. The Kier molecular flexibility index (Phi) is 7.01. The number of hydrazone groups is 1. The summed E-state index contributed by atoms with van der Waals surface area (Å²) in [6.07, 6.45) is -3.24. The Balaban J connectivity index is 1.72. The van der Waals surface area contributed by atoms with Crippen LogP contribution in [0.2, 0.25) is 0 Å². The number of carbonyl (C=O) groups excluding carboxylic acids is 2. The summed E-state index contributed by atoms with van der Waals surface area (Å²) < 4.78 is 45.2. The molecule has 0 fully saturated rings. The quantitative estimate of drug-likeness (QED) is 0.334. The number of benzene rings is 2. The maximum atomic E-state index is 12.8. The predicted molar refractivity (Wildman–Crippen MR) is 117 cm³/mol. The molecule has 2 aromatic carbocycles. The number of amides is 1. The van der Waals surface area contributed by atoms with E-state index < -0.39 is 23.6 Å². The minimum atomic E-state index is -4.47. The number of hydrogen-bond acceptors (Lipinski definition) is 4. The number of aromatic nitrogens is 1. The minimum absolute atomic E-state index is 0.236. The fourth-order valence-electron chi connectivity index (χ4n) is 3.46. The van der Waals surface area contributed by atoms with Gasteiger partial charge in [0.15, 0.2) is 0 Å². The highest BCUT2D eigenvalue weighted by molar-refractivity contribution is 5.90. The van der Waals surface area contributed by atoms with Gasteiger partial charge < -0.3 is 9.30 Å². The van der Waals surface area contributed by atoms with Crippen molar-refractivity contribution in [3.8, 4) is 5.69 Å². The van der Waals surface area contributed by atoms with E-state index in [0.29, 0.717) is 5.56 Å². The largest absolute Gasteiger partial charge is 0.465 e.